The Bertz CT molecular complexity index is 459. The van der Waals surface area contributed by atoms with Crippen molar-refractivity contribution in [2.75, 3.05) is 18.0 Å². The highest BCUT2D eigenvalue weighted by Gasteiger charge is 2.61. The maximum Gasteiger partial charge on any atom is 0.0866 e. The van der Waals surface area contributed by atoms with Gasteiger partial charge in [0.15, 0.2) is 0 Å². The number of hydrogen-bond acceptors (Lipinski definition) is 2. The minimum Gasteiger partial charge on any atom is -0.388 e. The second kappa shape index (κ2) is 3.39. The van der Waals surface area contributed by atoms with E-state index in [9.17, 15) is 5.11 Å². The zero-order valence-electron chi connectivity index (χ0n) is 10.3. The van der Waals surface area contributed by atoms with Crippen LogP contribution in [0.3, 0.4) is 0 Å². The third-order valence-corrected chi connectivity index (χ3v) is 4.74. The van der Waals surface area contributed by atoms with Crippen molar-refractivity contribution in [3.8, 4) is 0 Å². The van der Waals surface area contributed by atoms with Crippen LogP contribution in [0.25, 0.3) is 0 Å². The second-order valence-electron chi connectivity index (χ2n) is 5.84. The lowest BCUT2D eigenvalue weighted by molar-refractivity contribution is 0.0244. The van der Waals surface area contributed by atoms with Gasteiger partial charge in [-0.25, -0.2) is 0 Å². The molecule has 0 amide bonds. The van der Waals surface area contributed by atoms with Gasteiger partial charge in [-0.3, -0.25) is 0 Å². The van der Waals surface area contributed by atoms with Crippen LogP contribution in [0.5, 0.6) is 0 Å². The van der Waals surface area contributed by atoms with E-state index in [0.717, 1.165) is 24.4 Å². The summed E-state index contributed by atoms with van der Waals surface area (Å²) in [6.07, 6.45) is 2.30. The van der Waals surface area contributed by atoms with Gasteiger partial charge in [-0.05, 0) is 44.4 Å². The molecule has 1 atom stereocenters. The molecule has 1 aliphatic carbocycles. The average Bonchev–Trinajstić information content (AvgIpc) is 2.96. The van der Waals surface area contributed by atoms with Crippen LogP contribution in [0.2, 0.25) is 5.02 Å². The van der Waals surface area contributed by atoms with Gasteiger partial charge in [-0.15, -0.1) is 0 Å². The van der Waals surface area contributed by atoms with Crippen molar-refractivity contribution in [3.05, 3.63) is 28.8 Å². The summed E-state index contributed by atoms with van der Waals surface area (Å²) >= 11 is 6.06. The van der Waals surface area contributed by atoms with Gasteiger partial charge in [0.1, 0.15) is 0 Å². The summed E-state index contributed by atoms with van der Waals surface area (Å²) in [6, 6.07) is 5.97. The zero-order valence-corrected chi connectivity index (χ0v) is 11.1. The van der Waals surface area contributed by atoms with Gasteiger partial charge in [-0.1, -0.05) is 17.7 Å². The first-order chi connectivity index (χ1) is 7.94. The van der Waals surface area contributed by atoms with E-state index in [0.29, 0.717) is 6.54 Å². The van der Waals surface area contributed by atoms with Gasteiger partial charge in [0, 0.05) is 29.2 Å². The van der Waals surface area contributed by atoms with E-state index in [-0.39, 0.29) is 5.41 Å². The number of aliphatic hydroxyl groups is 1. The van der Waals surface area contributed by atoms with Crippen LogP contribution in [-0.4, -0.2) is 23.8 Å². The Labute approximate surface area is 107 Å². The highest BCUT2D eigenvalue weighted by atomic mass is 35.5. The van der Waals surface area contributed by atoms with Crippen molar-refractivity contribution in [2.24, 2.45) is 5.41 Å². The molecule has 17 heavy (non-hydrogen) atoms. The molecule has 1 N–H and O–H groups in total. The molecule has 2 fully saturated rings. The molecule has 1 unspecified atom stereocenters. The summed E-state index contributed by atoms with van der Waals surface area (Å²) in [5.74, 6) is 0. The fourth-order valence-electron chi connectivity index (χ4n) is 3.07. The first-order valence-corrected chi connectivity index (χ1v) is 6.55. The predicted octanol–water partition coefficient (Wildman–Crippen LogP) is 3.00. The smallest absolute Gasteiger partial charge is 0.0866 e. The van der Waals surface area contributed by atoms with E-state index in [1.165, 1.54) is 11.3 Å². The van der Waals surface area contributed by atoms with Crippen molar-refractivity contribution < 1.29 is 5.11 Å². The van der Waals surface area contributed by atoms with Gasteiger partial charge in [0.25, 0.3) is 0 Å². The molecule has 1 heterocycles. The predicted molar refractivity (Wildman–Crippen MR) is 70.7 cm³/mol. The van der Waals surface area contributed by atoms with E-state index in [2.05, 4.69) is 11.8 Å². The zero-order chi connectivity index (χ0) is 12.3. The van der Waals surface area contributed by atoms with Crippen LogP contribution in [0, 0.1) is 12.3 Å². The van der Waals surface area contributed by atoms with Gasteiger partial charge in [0.05, 0.1) is 5.60 Å². The van der Waals surface area contributed by atoms with Crippen LogP contribution in [0.15, 0.2) is 18.2 Å². The Kier molecular flexibility index (Phi) is 2.27. The van der Waals surface area contributed by atoms with Gasteiger partial charge < -0.3 is 10.0 Å². The average molecular weight is 252 g/mol. The summed E-state index contributed by atoms with van der Waals surface area (Å²) in [6.45, 7) is 5.74. The number of halogens is 1. The highest BCUT2D eigenvalue weighted by molar-refractivity contribution is 6.30. The number of anilines is 1. The maximum atomic E-state index is 10.5. The molecular formula is C14H18ClNO. The van der Waals surface area contributed by atoms with E-state index in [1.807, 2.05) is 25.1 Å². The molecule has 0 radical (unpaired) electrons. The van der Waals surface area contributed by atoms with Gasteiger partial charge in [-0.2, -0.15) is 0 Å². The Morgan fingerprint density at radius 3 is 2.59 bits per heavy atom. The summed E-state index contributed by atoms with van der Waals surface area (Å²) in [4.78, 5) is 2.29. The summed E-state index contributed by atoms with van der Waals surface area (Å²) in [5, 5.41) is 11.3. The van der Waals surface area contributed by atoms with E-state index in [4.69, 9.17) is 11.6 Å². The first-order valence-electron chi connectivity index (χ1n) is 6.17. The molecule has 0 aromatic heterocycles. The van der Waals surface area contributed by atoms with E-state index >= 15 is 0 Å². The van der Waals surface area contributed by atoms with Crippen LogP contribution in [-0.2, 0) is 0 Å². The second-order valence-corrected chi connectivity index (χ2v) is 6.28. The minimum absolute atomic E-state index is 0.141. The minimum atomic E-state index is -0.554. The number of benzene rings is 1. The fraction of sp³-hybridized carbons (Fsp3) is 0.571. The standard InChI is InChI=1S/C14H18ClNO/c1-10-3-4-11(15)7-12(10)16-8-13(2,17)14(9-16)5-6-14/h3-4,7,17H,5-6,8-9H2,1-2H3. The number of aryl methyl sites for hydroxylation is 1. The van der Waals surface area contributed by atoms with Gasteiger partial charge in [0.2, 0.25) is 0 Å². The largest absolute Gasteiger partial charge is 0.388 e. The SMILES string of the molecule is Cc1ccc(Cl)cc1N1CC(C)(O)C2(CC2)C1. The number of β-amino-alcohol motifs (C(OH)–C–C–N with tert-alkyl or cyclic N) is 1. The molecule has 1 aromatic carbocycles. The summed E-state index contributed by atoms with van der Waals surface area (Å²) < 4.78 is 0. The molecule has 2 aliphatic rings. The van der Waals surface area contributed by atoms with Crippen LogP contribution in [0.1, 0.15) is 25.3 Å². The summed E-state index contributed by atoms with van der Waals surface area (Å²) in [5.41, 5.74) is 1.98. The molecule has 3 heteroatoms. The molecule has 0 bridgehead atoms. The molecule has 2 nitrogen and oxygen atoms in total. The molecule has 1 aromatic rings. The van der Waals surface area contributed by atoms with Crippen LogP contribution >= 0.6 is 11.6 Å². The Morgan fingerprint density at radius 1 is 1.29 bits per heavy atom. The van der Waals surface area contributed by atoms with Crippen molar-refractivity contribution in [1.29, 1.82) is 0 Å². The van der Waals surface area contributed by atoms with Crippen LogP contribution in [0.4, 0.5) is 5.69 Å². The van der Waals surface area contributed by atoms with E-state index < -0.39 is 5.60 Å². The lowest BCUT2D eigenvalue weighted by Crippen LogP contribution is -2.35. The Balaban J connectivity index is 1.94. The number of rotatable bonds is 1. The molecule has 3 rings (SSSR count). The summed E-state index contributed by atoms with van der Waals surface area (Å²) in [7, 11) is 0. The fourth-order valence-corrected chi connectivity index (χ4v) is 3.24. The lowest BCUT2D eigenvalue weighted by atomic mass is 9.90. The van der Waals surface area contributed by atoms with Crippen LogP contribution < -0.4 is 4.90 Å². The Hall–Kier alpha value is -0.730. The highest BCUT2D eigenvalue weighted by Crippen LogP contribution is 2.58. The molecular weight excluding hydrogens is 234 g/mol. The number of hydrogen-bond donors (Lipinski definition) is 1. The van der Waals surface area contributed by atoms with Crippen molar-refractivity contribution in [1.82, 2.24) is 0 Å². The molecule has 1 saturated heterocycles. The topological polar surface area (TPSA) is 23.5 Å². The Morgan fingerprint density at radius 2 is 2.00 bits per heavy atom. The normalized spacial score (nSPS) is 30.0. The van der Waals surface area contributed by atoms with Crippen molar-refractivity contribution >= 4 is 17.3 Å². The molecule has 1 saturated carbocycles. The van der Waals surface area contributed by atoms with Gasteiger partial charge >= 0.3 is 0 Å². The van der Waals surface area contributed by atoms with Crippen molar-refractivity contribution in [2.45, 2.75) is 32.3 Å². The quantitative estimate of drug-likeness (QED) is 0.830. The monoisotopic (exact) mass is 251 g/mol. The lowest BCUT2D eigenvalue weighted by Gasteiger charge is -2.23. The maximum absolute atomic E-state index is 10.5. The molecule has 92 valence electrons. The van der Waals surface area contributed by atoms with E-state index in [1.54, 1.807) is 0 Å². The third kappa shape index (κ3) is 1.66. The molecule has 1 spiro atoms. The molecule has 1 aliphatic heterocycles. The first kappa shape index (κ1) is 11.4. The number of nitrogens with zero attached hydrogens (tertiary/aromatic N) is 1. The third-order valence-electron chi connectivity index (χ3n) is 4.50. The van der Waals surface area contributed by atoms with Crippen molar-refractivity contribution in [3.63, 3.8) is 0 Å².